The Morgan fingerprint density at radius 3 is 2.84 bits per heavy atom. The lowest BCUT2D eigenvalue weighted by Crippen LogP contribution is -2.01. The number of carbonyl (C=O) groups excluding carboxylic acids is 1. The molecule has 1 aromatic heterocycles. The third-order valence-electron chi connectivity index (χ3n) is 2.54. The second-order valence-electron chi connectivity index (χ2n) is 3.98. The summed E-state index contributed by atoms with van der Waals surface area (Å²) >= 11 is 3.26. The van der Waals surface area contributed by atoms with Crippen molar-refractivity contribution in [1.29, 1.82) is 0 Å². The molecule has 2 rings (SSSR count). The van der Waals surface area contributed by atoms with Crippen molar-refractivity contribution in [3.05, 3.63) is 57.6 Å². The number of carbonyl (C=O) groups is 1. The molecule has 0 radical (unpaired) electrons. The molecule has 0 bridgehead atoms. The van der Waals surface area contributed by atoms with E-state index in [1.165, 1.54) is 12.1 Å². The molecular weight excluding hydrogens is 313 g/mol. The summed E-state index contributed by atoms with van der Waals surface area (Å²) in [5.41, 5.74) is 1.80. The maximum atomic E-state index is 12.9. The normalized spacial score (nSPS) is 10.3. The Kier molecular flexibility index (Phi) is 4.27. The molecule has 0 amide bonds. The number of benzene rings is 1. The number of hydrogen-bond donors (Lipinski definition) is 0. The van der Waals surface area contributed by atoms with Crippen LogP contribution in [0.5, 0.6) is 5.75 Å². The molecule has 2 aromatic rings. The van der Waals surface area contributed by atoms with Gasteiger partial charge in [-0.1, -0.05) is 22.0 Å². The van der Waals surface area contributed by atoms with Crippen LogP contribution in [-0.2, 0) is 6.61 Å². The first kappa shape index (κ1) is 13.7. The molecule has 3 nitrogen and oxygen atoms in total. The molecule has 0 saturated heterocycles. The number of aromatic nitrogens is 1. The van der Waals surface area contributed by atoms with Crippen molar-refractivity contribution in [3.8, 4) is 5.75 Å². The van der Waals surface area contributed by atoms with Crippen molar-refractivity contribution in [2.24, 2.45) is 0 Å². The zero-order valence-electron chi connectivity index (χ0n) is 10.2. The molecule has 1 aromatic carbocycles. The minimum atomic E-state index is -0.318. The smallest absolute Gasteiger partial charge is 0.172 e. The summed E-state index contributed by atoms with van der Waals surface area (Å²) in [6, 6.07) is 7.82. The Hall–Kier alpha value is -1.75. The van der Waals surface area contributed by atoms with Crippen LogP contribution < -0.4 is 4.74 Å². The van der Waals surface area contributed by atoms with Crippen LogP contribution in [0.3, 0.4) is 0 Å². The van der Waals surface area contributed by atoms with E-state index in [9.17, 15) is 9.18 Å². The number of pyridine rings is 1. The first-order valence-corrected chi connectivity index (χ1v) is 6.39. The van der Waals surface area contributed by atoms with Crippen LogP contribution in [0, 0.1) is 12.7 Å². The number of aryl methyl sites for hydroxylation is 1. The van der Waals surface area contributed by atoms with Gasteiger partial charge in [0.15, 0.2) is 6.29 Å². The molecule has 0 atom stereocenters. The van der Waals surface area contributed by atoms with Gasteiger partial charge in [-0.2, -0.15) is 0 Å². The highest BCUT2D eigenvalue weighted by atomic mass is 79.9. The highest BCUT2D eigenvalue weighted by Crippen LogP contribution is 2.21. The first-order chi connectivity index (χ1) is 9.10. The molecule has 5 heteroatoms. The fourth-order valence-corrected chi connectivity index (χ4v) is 2.03. The topological polar surface area (TPSA) is 39.2 Å². The van der Waals surface area contributed by atoms with Gasteiger partial charge in [-0.15, -0.1) is 0 Å². The molecular formula is C14H11BrFNO2. The molecule has 0 aliphatic carbocycles. The van der Waals surface area contributed by atoms with E-state index in [4.69, 9.17) is 4.74 Å². The fourth-order valence-electron chi connectivity index (χ4n) is 1.56. The molecule has 0 unspecified atom stereocenters. The quantitative estimate of drug-likeness (QED) is 0.806. The molecule has 19 heavy (non-hydrogen) atoms. The number of nitrogens with zero attached hydrogens (tertiary/aromatic N) is 1. The zero-order valence-corrected chi connectivity index (χ0v) is 11.8. The summed E-state index contributed by atoms with van der Waals surface area (Å²) < 4.78 is 19.1. The predicted molar refractivity (Wildman–Crippen MR) is 72.8 cm³/mol. The highest BCUT2D eigenvalue weighted by Gasteiger charge is 2.07. The van der Waals surface area contributed by atoms with Gasteiger partial charge in [-0.3, -0.25) is 4.79 Å². The van der Waals surface area contributed by atoms with Crippen LogP contribution in [0.1, 0.15) is 21.7 Å². The second kappa shape index (κ2) is 5.93. The number of rotatable bonds is 4. The number of ether oxygens (including phenoxy) is 1. The lowest BCUT2D eigenvalue weighted by Gasteiger charge is -2.09. The van der Waals surface area contributed by atoms with Gasteiger partial charge in [0.1, 0.15) is 23.9 Å². The average Bonchev–Trinajstić information content (AvgIpc) is 2.39. The summed E-state index contributed by atoms with van der Waals surface area (Å²) in [5, 5.41) is 0. The summed E-state index contributed by atoms with van der Waals surface area (Å²) in [7, 11) is 0. The van der Waals surface area contributed by atoms with E-state index in [0.29, 0.717) is 16.5 Å². The summed E-state index contributed by atoms with van der Waals surface area (Å²) in [6.45, 7) is 2.03. The van der Waals surface area contributed by atoms with Crippen molar-refractivity contribution in [1.82, 2.24) is 4.98 Å². The molecule has 0 fully saturated rings. The van der Waals surface area contributed by atoms with E-state index in [2.05, 4.69) is 20.9 Å². The van der Waals surface area contributed by atoms with Crippen LogP contribution >= 0.6 is 15.9 Å². The van der Waals surface area contributed by atoms with Gasteiger partial charge < -0.3 is 4.74 Å². The summed E-state index contributed by atoms with van der Waals surface area (Å²) in [6.07, 6.45) is 0.655. The molecule has 0 spiro atoms. The largest absolute Gasteiger partial charge is 0.486 e. The maximum Gasteiger partial charge on any atom is 0.172 e. The third-order valence-corrected chi connectivity index (χ3v) is 3.27. The molecule has 0 saturated carbocycles. The van der Waals surface area contributed by atoms with Gasteiger partial charge in [0, 0.05) is 15.7 Å². The fraction of sp³-hybridized carbons (Fsp3) is 0.143. The Bertz CT molecular complexity index is 616. The van der Waals surface area contributed by atoms with Crippen molar-refractivity contribution < 1.29 is 13.9 Å². The lowest BCUT2D eigenvalue weighted by molar-refractivity contribution is 0.111. The Balaban J connectivity index is 2.16. The van der Waals surface area contributed by atoms with Crippen molar-refractivity contribution in [2.45, 2.75) is 13.5 Å². The molecule has 1 heterocycles. The molecule has 0 N–H and O–H groups in total. The standard InChI is InChI=1S/C14H11BrFNO2/c1-9-2-5-14(13(7-18)17-9)19-8-10-3-4-11(16)6-12(10)15/h2-7H,8H2,1H3. The first-order valence-electron chi connectivity index (χ1n) is 5.59. The predicted octanol–water partition coefficient (Wildman–Crippen LogP) is 3.68. The van der Waals surface area contributed by atoms with E-state index in [1.807, 2.05) is 0 Å². The van der Waals surface area contributed by atoms with Crippen LogP contribution in [0.15, 0.2) is 34.8 Å². The Morgan fingerprint density at radius 2 is 2.16 bits per heavy atom. The number of aldehydes is 1. The van der Waals surface area contributed by atoms with E-state index in [1.54, 1.807) is 25.1 Å². The maximum absolute atomic E-state index is 12.9. The second-order valence-corrected chi connectivity index (χ2v) is 4.83. The number of hydrogen-bond acceptors (Lipinski definition) is 3. The summed E-state index contributed by atoms with van der Waals surface area (Å²) in [4.78, 5) is 15.0. The van der Waals surface area contributed by atoms with Crippen molar-refractivity contribution in [3.63, 3.8) is 0 Å². The Morgan fingerprint density at radius 1 is 1.37 bits per heavy atom. The van der Waals surface area contributed by atoms with Gasteiger partial charge in [-0.25, -0.2) is 9.37 Å². The van der Waals surface area contributed by atoms with Gasteiger partial charge in [-0.05, 0) is 31.2 Å². The summed E-state index contributed by atoms with van der Waals surface area (Å²) in [5.74, 6) is 0.0954. The average molecular weight is 324 g/mol. The molecule has 98 valence electrons. The van der Waals surface area contributed by atoms with Crippen molar-refractivity contribution >= 4 is 22.2 Å². The van der Waals surface area contributed by atoms with Gasteiger partial charge in [0.2, 0.25) is 0 Å². The van der Waals surface area contributed by atoms with Crippen LogP contribution in [-0.4, -0.2) is 11.3 Å². The van der Waals surface area contributed by atoms with E-state index in [0.717, 1.165) is 11.3 Å². The van der Waals surface area contributed by atoms with Gasteiger partial charge in [0.05, 0.1) is 0 Å². The number of halogens is 2. The minimum Gasteiger partial charge on any atom is -0.486 e. The highest BCUT2D eigenvalue weighted by molar-refractivity contribution is 9.10. The molecule has 0 aliphatic heterocycles. The van der Waals surface area contributed by atoms with Gasteiger partial charge >= 0.3 is 0 Å². The minimum absolute atomic E-state index is 0.229. The SMILES string of the molecule is Cc1ccc(OCc2ccc(F)cc2Br)c(C=O)n1. The van der Waals surface area contributed by atoms with Gasteiger partial charge in [0.25, 0.3) is 0 Å². The van der Waals surface area contributed by atoms with E-state index >= 15 is 0 Å². The van der Waals surface area contributed by atoms with E-state index < -0.39 is 0 Å². The lowest BCUT2D eigenvalue weighted by atomic mass is 10.2. The Labute approximate surface area is 118 Å². The monoisotopic (exact) mass is 323 g/mol. The van der Waals surface area contributed by atoms with E-state index in [-0.39, 0.29) is 18.1 Å². The molecule has 0 aliphatic rings. The third kappa shape index (κ3) is 3.38. The van der Waals surface area contributed by atoms with Crippen LogP contribution in [0.2, 0.25) is 0 Å². The van der Waals surface area contributed by atoms with Crippen LogP contribution in [0.4, 0.5) is 4.39 Å². The van der Waals surface area contributed by atoms with Crippen molar-refractivity contribution in [2.75, 3.05) is 0 Å². The van der Waals surface area contributed by atoms with Crippen LogP contribution in [0.25, 0.3) is 0 Å². The zero-order chi connectivity index (χ0) is 13.8.